The third kappa shape index (κ3) is 4.83. The summed E-state index contributed by atoms with van der Waals surface area (Å²) in [5.41, 5.74) is 8.26. The lowest BCUT2D eigenvalue weighted by Crippen LogP contribution is -2.43. The number of hydrogen-bond donors (Lipinski definition) is 0. The molecule has 40 heavy (non-hydrogen) atoms. The molecule has 1 aromatic heterocycles. The number of aromatic nitrogens is 2. The van der Waals surface area contributed by atoms with Gasteiger partial charge < -0.3 is 4.90 Å². The molecule has 2 aliphatic heterocycles. The lowest BCUT2D eigenvalue weighted by Gasteiger charge is -2.26. The molecule has 0 aliphatic carbocycles. The van der Waals surface area contributed by atoms with Crippen LogP contribution in [0.15, 0.2) is 72.8 Å². The molecular weight excluding hydrogens is 516 g/mol. The van der Waals surface area contributed by atoms with Gasteiger partial charge in [-0.25, -0.2) is 4.68 Å². The van der Waals surface area contributed by atoms with E-state index in [-0.39, 0.29) is 29.4 Å². The molecular formula is C33H34N4O2S. The third-order valence-electron chi connectivity index (χ3n) is 7.94. The Bertz CT molecular complexity index is 1570. The Hall–Kier alpha value is -3.84. The SMILES string of the molecule is Cc1ccc(-n2nc(-c3ccccc3)c3c2N(CC(=O)N2CCCC2)C(=O)CS[C@H]3c2ccccc2C)c(C)c1. The lowest BCUT2D eigenvalue weighted by molar-refractivity contribution is -0.130. The first kappa shape index (κ1) is 26.4. The van der Waals surface area contributed by atoms with Gasteiger partial charge in [0.2, 0.25) is 11.8 Å². The number of hydrogen-bond acceptors (Lipinski definition) is 4. The summed E-state index contributed by atoms with van der Waals surface area (Å²) in [5, 5.41) is 5.12. The Morgan fingerprint density at radius 1 is 0.925 bits per heavy atom. The molecule has 1 fully saturated rings. The quantitative estimate of drug-likeness (QED) is 0.295. The van der Waals surface area contributed by atoms with Crippen LogP contribution in [0, 0.1) is 20.8 Å². The highest BCUT2D eigenvalue weighted by molar-refractivity contribution is 8.00. The van der Waals surface area contributed by atoms with E-state index in [1.807, 2.05) is 33.8 Å². The lowest BCUT2D eigenvalue weighted by atomic mass is 9.96. The Labute approximate surface area is 240 Å². The monoisotopic (exact) mass is 550 g/mol. The number of nitrogens with zero attached hydrogens (tertiary/aromatic N) is 4. The summed E-state index contributed by atoms with van der Waals surface area (Å²) < 4.78 is 1.92. The zero-order chi connectivity index (χ0) is 27.8. The summed E-state index contributed by atoms with van der Waals surface area (Å²) in [7, 11) is 0. The Kier molecular flexibility index (Phi) is 7.24. The summed E-state index contributed by atoms with van der Waals surface area (Å²) in [6, 6.07) is 24.8. The van der Waals surface area contributed by atoms with Gasteiger partial charge in [0.25, 0.3) is 0 Å². The molecule has 6 rings (SSSR count). The molecule has 3 aromatic carbocycles. The average Bonchev–Trinajstić information content (AvgIpc) is 3.60. The summed E-state index contributed by atoms with van der Waals surface area (Å²) in [5.74, 6) is 0.898. The highest BCUT2D eigenvalue weighted by Gasteiger charge is 2.39. The molecule has 0 saturated carbocycles. The zero-order valence-corrected chi connectivity index (χ0v) is 24.1. The summed E-state index contributed by atoms with van der Waals surface area (Å²) in [6.07, 6.45) is 2.02. The van der Waals surface area contributed by atoms with Gasteiger partial charge in [-0.05, 0) is 56.4 Å². The van der Waals surface area contributed by atoms with Crippen LogP contribution in [-0.4, -0.2) is 51.9 Å². The molecule has 2 aliphatic rings. The maximum atomic E-state index is 14.0. The highest BCUT2D eigenvalue weighted by Crippen LogP contribution is 2.49. The topological polar surface area (TPSA) is 58.4 Å². The average molecular weight is 551 g/mol. The highest BCUT2D eigenvalue weighted by atomic mass is 32.2. The first-order chi connectivity index (χ1) is 19.4. The van der Waals surface area contributed by atoms with Crippen molar-refractivity contribution in [3.05, 3.63) is 101 Å². The summed E-state index contributed by atoms with van der Waals surface area (Å²) in [4.78, 5) is 31.1. The van der Waals surface area contributed by atoms with Crippen LogP contribution in [0.3, 0.4) is 0 Å². The standard InChI is InChI=1S/C33H34N4O2S/c1-22-15-16-27(24(3)19-22)37-33-30(31(34-37)25-12-5-4-6-13-25)32(26-14-8-7-11-23(26)2)40-21-29(39)36(33)20-28(38)35-17-9-10-18-35/h4-8,11-16,19,32H,9-10,17-18,20-21H2,1-3H3/t32-/m0/s1. The first-order valence-electron chi connectivity index (χ1n) is 13.9. The number of rotatable bonds is 5. The van der Waals surface area contributed by atoms with Crippen molar-refractivity contribution in [1.82, 2.24) is 14.7 Å². The molecule has 0 radical (unpaired) electrons. The molecule has 0 unspecified atom stereocenters. The van der Waals surface area contributed by atoms with Crippen LogP contribution in [0.2, 0.25) is 0 Å². The van der Waals surface area contributed by atoms with Crippen molar-refractivity contribution in [1.29, 1.82) is 0 Å². The molecule has 0 N–H and O–H groups in total. The molecule has 2 amide bonds. The minimum absolute atomic E-state index is 0.00854. The van der Waals surface area contributed by atoms with Crippen LogP contribution >= 0.6 is 11.8 Å². The van der Waals surface area contributed by atoms with Gasteiger partial charge in [-0.2, -0.15) is 5.10 Å². The van der Waals surface area contributed by atoms with Crippen molar-refractivity contribution < 1.29 is 9.59 Å². The Morgan fingerprint density at radius 2 is 1.65 bits per heavy atom. The van der Waals surface area contributed by atoms with E-state index in [0.717, 1.165) is 65.1 Å². The number of carbonyl (C=O) groups is 2. The van der Waals surface area contributed by atoms with Gasteiger partial charge in [-0.3, -0.25) is 14.5 Å². The van der Waals surface area contributed by atoms with Crippen molar-refractivity contribution in [3.8, 4) is 16.9 Å². The predicted octanol–water partition coefficient (Wildman–Crippen LogP) is 6.26. The molecule has 204 valence electrons. The van der Waals surface area contributed by atoms with Crippen molar-refractivity contribution in [3.63, 3.8) is 0 Å². The van der Waals surface area contributed by atoms with Crippen molar-refractivity contribution in [2.45, 2.75) is 38.9 Å². The number of anilines is 1. The van der Waals surface area contributed by atoms with E-state index in [9.17, 15) is 9.59 Å². The van der Waals surface area contributed by atoms with Gasteiger partial charge in [-0.15, -0.1) is 11.8 Å². The van der Waals surface area contributed by atoms with Gasteiger partial charge >= 0.3 is 0 Å². The van der Waals surface area contributed by atoms with Gasteiger partial charge in [0, 0.05) is 24.2 Å². The van der Waals surface area contributed by atoms with Crippen LogP contribution in [0.25, 0.3) is 16.9 Å². The van der Waals surface area contributed by atoms with Crippen LogP contribution in [0.5, 0.6) is 0 Å². The van der Waals surface area contributed by atoms with E-state index < -0.39 is 0 Å². The van der Waals surface area contributed by atoms with E-state index in [1.54, 1.807) is 16.7 Å². The maximum absolute atomic E-state index is 14.0. The van der Waals surface area contributed by atoms with E-state index in [2.05, 4.69) is 69.3 Å². The number of carbonyl (C=O) groups excluding carboxylic acids is 2. The molecule has 0 bridgehead atoms. The normalized spacial score (nSPS) is 17.2. The smallest absolute Gasteiger partial charge is 0.242 e. The second kappa shape index (κ2) is 11.0. The molecule has 1 saturated heterocycles. The van der Waals surface area contributed by atoms with Crippen LogP contribution in [0.1, 0.15) is 45.9 Å². The van der Waals surface area contributed by atoms with Crippen LogP contribution < -0.4 is 4.90 Å². The Morgan fingerprint density at radius 3 is 2.38 bits per heavy atom. The fraction of sp³-hybridized carbons (Fsp3) is 0.303. The number of thioether (sulfide) groups is 1. The fourth-order valence-corrected chi connectivity index (χ4v) is 7.16. The van der Waals surface area contributed by atoms with E-state index in [1.165, 1.54) is 5.56 Å². The van der Waals surface area contributed by atoms with Gasteiger partial charge in [0.1, 0.15) is 12.4 Å². The molecule has 0 spiro atoms. The number of likely N-dealkylation sites (tertiary alicyclic amines) is 1. The molecule has 7 heteroatoms. The van der Waals surface area contributed by atoms with Crippen molar-refractivity contribution in [2.24, 2.45) is 0 Å². The molecule has 3 heterocycles. The minimum Gasteiger partial charge on any atom is -0.341 e. The van der Waals surface area contributed by atoms with Gasteiger partial charge in [0.15, 0.2) is 0 Å². The molecule has 4 aromatic rings. The van der Waals surface area contributed by atoms with Crippen LogP contribution in [-0.2, 0) is 9.59 Å². The zero-order valence-electron chi connectivity index (χ0n) is 23.3. The third-order valence-corrected chi connectivity index (χ3v) is 9.18. The van der Waals surface area contributed by atoms with Crippen molar-refractivity contribution in [2.75, 3.05) is 30.3 Å². The van der Waals surface area contributed by atoms with Crippen LogP contribution in [0.4, 0.5) is 5.82 Å². The van der Waals surface area contributed by atoms with Gasteiger partial charge in [0.05, 0.1) is 22.4 Å². The molecule has 1 atom stereocenters. The largest absolute Gasteiger partial charge is 0.341 e. The van der Waals surface area contributed by atoms with E-state index in [0.29, 0.717) is 5.82 Å². The minimum atomic E-state index is -0.123. The summed E-state index contributed by atoms with van der Waals surface area (Å²) >= 11 is 1.62. The second-order valence-electron chi connectivity index (χ2n) is 10.8. The van der Waals surface area contributed by atoms with E-state index >= 15 is 0 Å². The van der Waals surface area contributed by atoms with E-state index in [4.69, 9.17) is 5.10 Å². The second-order valence-corrected chi connectivity index (χ2v) is 11.9. The number of aryl methyl sites for hydroxylation is 3. The Balaban J connectivity index is 1.63. The maximum Gasteiger partial charge on any atom is 0.242 e. The number of fused-ring (bicyclic) bond motifs is 1. The molecule has 6 nitrogen and oxygen atoms in total. The number of amides is 2. The predicted molar refractivity (Wildman–Crippen MR) is 162 cm³/mol. The fourth-order valence-electron chi connectivity index (χ4n) is 5.87. The first-order valence-corrected chi connectivity index (χ1v) is 15.0. The van der Waals surface area contributed by atoms with Crippen molar-refractivity contribution >= 4 is 29.4 Å². The summed E-state index contributed by atoms with van der Waals surface area (Å²) in [6.45, 7) is 7.78. The number of benzene rings is 3. The van der Waals surface area contributed by atoms with Gasteiger partial charge in [-0.1, -0.05) is 72.3 Å².